The van der Waals surface area contributed by atoms with Crippen LogP contribution in [0.4, 0.5) is 11.4 Å². The van der Waals surface area contributed by atoms with Crippen LogP contribution in [-0.2, 0) is 16.1 Å². The number of nitrogens with zero attached hydrogens (tertiary/aromatic N) is 1. The summed E-state index contributed by atoms with van der Waals surface area (Å²) in [6.45, 7) is 1.96. The van der Waals surface area contributed by atoms with Crippen LogP contribution >= 0.6 is 11.3 Å². The molecule has 3 rings (SSSR count). The summed E-state index contributed by atoms with van der Waals surface area (Å²) in [6, 6.07) is 18.7. The molecule has 0 aliphatic rings. The zero-order valence-electron chi connectivity index (χ0n) is 16.3. The third-order valence-corrected chi connectivity index (χ3v) is 5.05. The Morgan fingerprint density at radius 1 is 1.07 bits per heavy atom. The molecule has 2 aromatic carbocycles. The highest BCUT2D eigenvalue weighted by Gasteiger charge is 2.14. The van der Waals surface area contributed by atoms with Crippen molar-refractivity contribution in [3.05, 3.63) is 82.6 Å². The van der Waals surface area contributed by atoms with E-state index in [1.807, 2.05) is 53.9 Å². The third-order valence-electron chi connectivity index (χ3n) is 4.19. The summed E-state index contributed by atoms with van der Waals surface area (Å²) in [6.07, 6.45) is 3.33. The molecule has 0 aliphatic heterocycles. The highest BCUT2D eigenvalue weighted by atomic mass is 32.1. The molecule has 2 amide bonds. The molecule has 0 spiro atoms. The molecular formula is C23H22N2O3S. The summed E-state index contributed by atoms with van der Waals surface area (Å²) in [5.41, 5.74) is 2.40. The van der Waals surface area contributed by atoms with Gasteiger partial charge in [0.2, 0.25) is 5.91 Å². The zero-order chi connectivity index (χ0) is 20.6. The number of thiophene rings is 1. The van der Waals surface area contributed by atoms with Crippen LogP contribution in [0.1, 0.15) is 17.4 Å². The van der Waals surface area contributed by atoms with Gasteiger partial charge in [0.25, 0.3) is 5.91 Å². The first-order valence-corrected chi connectivity index (χ1v) is 9.97. The van der Waals surface area contributed by atoms with E-state index in [1.165, 1.54) is 6.92 Å². The number of hydrogen-bond donors (Lipinski definition) is 1. The van der Waals surface area contributed by atoms with Gasteiger partial charge in [-0.3, -0.25) is 9.59 Å². The van der Waals surface area contributed by atoms with Gasteiger partial charge in [0, 0.05) is 29.3 Å². The van der Waals surface area contributed by atoms with Crippen LogP contribution in [0, 0.1) is 0 Å². The summed E-state index contributed by atoms with van der Waals surface area (Å²) in [5, 5.41) is 4.72. The highest BCUT2D eigenvalue weighted by molar-refractivity contribution is 7.09. The average molecular weight is 407 g/mol. The quantitative estimate of drug-likeness (QED) is 0.564. The Bertz CT molecular complexity index is 978. The predicted octanol–water partition coefficient (Wildman–Crippen LogP) is 4.96. The van der Waals surface area contributed by atoms with Crippen molar-refractivity contribution in [3.63, 3.8) is 0 Å². The fourth-order valence-electron chi connectivity index (χ4n) is 2.76. The molecule has 0 bridgehead atoms. The van der Waals surface area contributed by atoms with Crippen molar-refractivity contribution >= 4 is 40.6 Å². The van der Waals surface area contributed by atoms with Gasteiger partial charge in [-0.25, -0.2) is 0 Å². The molecule has 5 nitrogen and oxygen atoms in total. The minimum atomic E-state index is -0.118. The number of hydrogen-bond acceptors (Lipinski definition) is 4. The number of anilines is 2. The van der Waals surface area contributed by atoms with Gasteiger partial charge in [-0.05, 0) is 59.5 Å². The molecule has 3 aromatic rings. The first-order valence-electron chi connectivity index (χ1n) is 9.09. The third kappa shape index (κ3) is 5.80. The minimum absolute atomic E-state index is 0.116. The van der Waals surface area contributed by atoms with Crippen LogP contribution in [0.15, 0.2) is 72.1 Å². The summed E-state index contributed by atoms with van der Waals surface area (Å²) < 4.78 is 5.21. The summed E-state index contributed by atoms with van der Waals surface area (Å²) in [5.74, 6) is 0.508. The molecule has 0 radical (unpaired) electrons. The van der Waals surface area contributed by atoms with E-state index < -0.39 is 0 Å². The molecular weight excluding hydrogens is 384 g/mol. The Labute approximate surface area is 174 Å². The maximum absolute atomic E-state index is 13.0. The second kappa shape index (κ2) is 9.71. The van der Waals surface area contributed by atoms with Crippen molar-refractivity contribution in [2.45, 2.75) is 13.5 Å². The smallest absolute Gasteiger partial charge is 0.251 e. The van der Waals surface area contributed by atoms with Crippen LogP contribution in [-0.4, -0.2) is 18.9 Å². The summed E-state index contributed by atoms with van der Waals surface area (Å²) >= 11 is 1.61. The van der Waals surface area contributed by atoms with Crippen molar-refractivity contribution in [2.24, 2.45) is 0 Å². The van der Waals surface area contributed by atoms with E-state index in [2.05, 4.69) is 5.32 Å². The Morgan fingerprint density at radius 2 is 1.79 bits per heavy atom. The van der Waals surface area contributed by atoms with Gasteiger partial charge in [-0.1, -0.05) is 18.2 Å². The average Bonchev–Trinajstić information content (AvgIpc) is 3.24. The lowest BCUT2D eigenvalue weighted by Gasteiger charge is -2.21. The maximum Gasteiger partial charge on any atom is 0.251 e. The fourth-order valence-corrected chi connectivity index (χ4v) is 3.45. The summed E-state index contributed by atoms with van der Waals surface area (Å²) in [7, 11) is 1.61. The number of ether oxygens (including phenoxy) is 1. The molecule has 0 fully saturated rings. The predicted molar refractivity (Wildman–Crippen MR) is 118 cm³/mol. The van der Waals surface area contributed by atoms with Gasteiger partial charge in [-0.2, -0.15) is 0 Å². The van der Waals surface area contributed by atoms with Gasteiger partial charge in [-0.15, -0.1) is 11.3 Å². The number of amides is 2. The molecule has 1 heterocycles. The van der Waals surface area contributed by atoms with Crippen molar-refractivity contribution in [3.8, 4) is 5.75 Å². The molecule has 1 N–H and O–H groups in total. The van der Waals surface area contributed by atoms with E-state index in [0.717, 1.165) is 27.6 Å². The number of carbonyl (C=O) groups excluding carboxylic acids is 2. The minimum Gasteiger partial charge on any atom is -0.497 e. The van der Waals surface area contributed by atoms with Crippen molar-refractivity contribution < 1.29 is 14.3 Å². The van der Waals surface area contributed by atoms with Crippen LogP contribution in [0.2, 0.25) is 0 Å². The van der Waals surface area contributed by atoms with Crippen LogP contribution in [0.25, 0.3) is 6.08 Å². The molecule has 1 aromatic heterocycles. The standard InChI is InChI=1S/C23H22N2O3S/c1-17(26)24-19-8-5-18(6-9-19)7-14-23(27)25(16-22-4-3-15-29-22)20-10-12-21(28-2)13-11-20/h3-15H,16H2,1-2H3,(H,24,26)/b14-7+. The lowest BCUT2D eigenvalue weighted by molar-refractivity contribution is -0.115. The normalized spacial score (nSPS) is 10.7. The number of nitrogens with one attached hydrogen (secondary N) is 1. The molecule has 148 valence electrons. The van der Waals surface area contributed by atoms with Crippen molar-refractivity contribution in [2.75, 3.05) is 17.3 Å². The number of carbonyl (C=O) groups is 2. The fraction of sp³-hybridized carbons (Fsp3) is 0.130. The van der Waals surface area contributed by atoms with Gasteiger partial charge >= 0.3 is 0 Å². The number of benzene rings is 2. The van der Waals surface area contributed by atoms with E-state index in [4.69, 9.17) is 4.74 Å². The van der Waals surface area contributed by atoms with E-state index in [9.17, 15) is 9.59 Å². The van der Waals surface area contributed by atoms with Gasteiger partial charge in [0.05, 0.1) is 13.7 Å². The van der Waals surface area contributed by atoms with E-state index in [1.54, 1.807) is 47.6 Å². The molecule has 6 heteroatoms. The Kier molecular flexibility index (Phi) is 6.81. The molecule has 0 atom stereocenters. The molecule has 0 unspecified atom stereocenters. The van der Waals surface area contributed by atoms with E-state index in [-0.39, 0.29) is 11.8 Å². The van der Waals surface area contributed by atoms with Gasteiger partial charge in [0.15, 0.2) is 0 Å². The van der Waals surface area contributed by atoms with Gasteiger partial charge in [0.1, 0.15) is 5.75 Å². The zero-order valence-corrected chi connectivity index (χ0v) is 17.1. The Hall–Kier alpha value is -3.38. The second-order valence-corrected chi connectivity index (χ2v) is 7.37. The first kappa shape index (κ1) is 20.4. The van der Waals surface area contributed by atoms with E-state index in [0.29, 0.717) is 6.54 Å². The lowest BCUT2D eigenvalue weighted by Crippen LogP contribution is -2.28. The van der Waals surface area contributed by atoms with Crippen molar-refractivity contribution in [1.82, 2.24) is 0 Å². The Balaban J connectivity index is 1.78. The van der Waals surface area contributed by atoms with Crippen molar-refractivity contribution in [1.29, 1.82) is 0 Å². The first-order chi connectivity index (χ1) is 14.0. The molecule has 0 saturated carbocycles. The number of methoxy groups -OCH3 is 1. The monoisotopic (exact) mass is 406 g/mol. The topological polar surface area (TPSA) is 58.6 Å². The van der Waals surface area contributed by atoms with Crippen LogP contribution in [0.3, 0.4) is 0 Å². The number of rotatable bonds is 7. The maximum atomic E-state index is 13.0. The SMILES string of the molecule is COc1ccc(N(Cc2cccs2)C(=O)/C=C/c2ccc(NC(C)=O)cc2)cc1. The lowest BCUT2D eigenvalue weighted by atomic mass is 10.2. The van der Waals surface area contributed by atoms with Crippen LogP contribution < -0.4 is 15.0 Å². The second-order valence-electron chi connectivity index (χ2n) is 6.34. The molecule has 29 heavy (non-hydrogen) atoms. The van der Waals surface area contributed by atoms with E-state index >= 15 is 0 Å². The Morgan fingerprint density at radius 3 is 2.38 bits per heavy atom. The molecule has 0 saturated heterocycles. The highest BCUT2D eigenvalue weighted by Crippen LogP contribution is 2.23. The summed E-state index contributed by atoms with van der Waals surface area (Å²) in [4.78, 5) is 26.9. The van der Waals surface area contributed by atoms with Crippen LogP contribution in [0.5, 0.6) is 5.75 Å². The molecule has 0 aliphatic carbocycles. The largest absolute Gasteiger partial charge is 0.497 e. The van der Waals surface area contributed by atoms with Gasteiger partial charge < -0.3 is 15.0 Å².